The number of rotatable bonds is 2. The molecular weight excluding hydrogens is 310 g/mol. The fourth-order valence-corrected chi connectivity index (χ4v) is 2.40. The van der Waals surface area contributed by atoms with Gasteiger partial charge >= 0.3 is 5.79 Å². The van der Waals surface area contributed by atoms with E-state index < -0.39 is 35.3 Å². The van der Waals surface area contributed by atoms with E-state index in [9.17, 15) is 34.8 Å². The molecule has 0 aromatic heterocycles. The van der Waals surface area contributed by atoms with Crippen LogP contribution in [0.15, 0.2) is 36.1 Å². The van der Waals surface area contributed by atoms with Gasteiger partial charge in [-0.05, 0) is 6.08 Å². The first-order chi connectivity index (χ1) is 10.5. The van der Waals surface area contributed by atoms with E-state index in [4.69, 9.17) is 5.73 Å². The number of likely N-dealkylation sites (tertiary alicyclic amines) is 1. The van der Waals surface area contributed by atoms with E-state index in [1.807, 2.05) is 0 Å². The lowest BCUT2D eigenvalue weighted by Gasteiger charge is -2.44. The van der Waals surface area contributed by atoms with Gasteiger partial charge in [-0.15, -0.1) is 0 Å². The minimum atomic E-state index is -3.70. The minimum absolute atomic E-state index is 0.0823. The SMILES string of the molecule is C=C/C(N)=C1/CN(C2C(=O)NC(=O)C(O)(O)C2(O)O)C(=O)C1=C. The Bertz CT molecular complexity index is 677. The highest BCUT2D eigenvalue weighted by atomic mass is 16.6. The maximum Gasteiger partial charge on any atom is 0.303 e. The summed E-state index contributed by atoms with van der Waals surface area (Å²) in [6.07, 6.45) is 1.23. The largest absolute Gasteiger partial charge is 0.398 e. The first-order valence-electron chi connectivity index (χ1n) is 6.32. The molecule has 0 aromatic carbocycles. The summed E-state index contributed by atoms with van der Waals surface area (Å²) < 4.78 is 0. The number of hydrogen-bond donors (Lipinski definition) is 6. The quantitative estimate of drug-likeness (QED) is 0.170. The predicted molar refractivity (Wildman–Crippen MR) is 73.5 cm³/mol. The predicted octanol–water partition coefficient (Wildman–Crippen LogP) is -3.83. The summed E-state index contributed by atoms with van der Waals surface area (Å²) in [5.41, 5.74) is 5.79. The molecule has 2 aliphatic heterocycles. The van der Waals surface area contributed by atoms with Crippen LogP contribution in [-0.4, -0.2) is 67.2 Å². The molecule has 0 saturated carbocycles. The third kappa shape index (κ3) is 2.16. The number of allylic oxidation sites excluding steroid dienone is 1. The molecule has 2 rings (SSSR count). The van der Waals surface area contributed by atoms with Crippen molar-refractivity contribution in [2.24, 2.45) is 5.73 Å². The van der Waals surface area contributed by atoms with Crippen LogP contribution in [-0.2, 0) is 14.4 Å². The van der Waals surface area contributed by atoms with E-state index in [0.29, 0.717) is 4.90 Å². The number of nitrogens with zero attached hydrogens (tertiary/aromatic N) is 1. The molecule has 10 nitrogen and oxygen atoms in total. The van der Waals surface area contributed by atoms with Crippen LogP contribution in [0.5, 0.6) is 0 Å². The van der Waals surface area contributed by atoms with Crippen molar-refractivity contribution in [2.75, 3.05) is 6.54 Å². The summed E-state index contributed by atoms with van der Waals surface area (Å²) in [6, 6.07) is -2.17. The van der Waals surface area contributed by atoms with Crippen LogP contribution < -0.4 is 11.1 Å². The van der Waals surface area contributed by atoms with E-state index in [1.54, 1.807) is 5.32 Å². The summed E-state index contributed by atoms with van der Waals surface area (Å²) in [7, 11) is 0. The van der Waals surface area contributed by atoms with Crippen LogP contribution in [0.2, 0.25) is 0 Å². The second-order valence-corrected chi connectivity index (χ2v) is 5.17. The second kappa shape index (κ2) is 4.99. The van der Waals surface area contributed by atoms with Gasteiger partial charge < -0.3 is 31.1 Å². The Kier molecular flexibility index (Phi) is 3.65. The Morgan fingerprint density at radius 3 is 2.39 bits per heavy atom. The van der Waals surface area contributed by atoms with Gasteiger partial charge in [-0.3, -0.25) is 19.7 Å². The van der Waals surface area contributed by atoms with Gasteiger partial charge in [-0.1, -0.05) is 13.2 Å². The van der Waals surface area contributed by atoms with Crippen molar-refractivity contribution in [3.05, 3.63) is 36.1 Å². The number of nitrogens with two attached hydrogens (primary N) is 1. The third-order valence-corrected chi connectivity index (χ3v) is 3.79. The van der Waals surface area contributed by atoms with Gasteiger partial charge in [-0.25, -0.2) is 0 Å². The van der Waals surface area contributed by atoms with E-state index in [-0.39, 0.29) is 23.4 Å². The van der Waals surface area contributed by atoms with Crippen molar-refractivity contribution in [3.8, 4) is 0 Å². The zero-order valence-corrected chi connectivity index (χ0v) is 11.8. The molecule has 0 aromatic rings. The highest BCUT2D eigenvalue weighted by molar-refractivity contribution is 6.09. The molecule has 0 aliphatic carbocycles. The molecule has 10 heteroatoms. The first-order valence-corrected chi connectivity index (χ1v) is 6.32. The Labute approximate surface area is 129 Å². The molecule has 0 radical (unpaired) electrons. The molecule has 0 bridgehead atoms. The van der Waals surface area contributed by atoms with Crippen LogP contribution in [0.1, 0.15) is 0 Å². The summed E-state index contributed by atoms with van der Waals surface area (Å²) in [5, 5.41) is 40.6. The lowest BCUT2D eigenvalue weighted by molar-refractivity contribution is -0.355. The van der Waals surface area contributed by atoms with Crippen LogP contribution in [0, 0.1) is 0 Å². The van der Waals surface area contributed by atoms with Crippen molar-refractivity contribution >= 4 is 17.7 Å². The molecule has 124 valence electrons. The summed E-state index contributed by atoms with van der Waals surface area (Å²) in [6.45, 7) is 6.55. The van der Waals surface area contributed by atoms with Crippen LogP contribution in [0.25, 0.3) is 0 Å². The van der Waals surface area contributed by atoms with Crippen LogP contribution >= 0.6 is 0 Å². The minimum Gasteiger partial charge on any atom is -0.398 e. The average Bonchev–Trinajstić information content (AvgIpc) is 2.73. The molecule has 23 heavy (non-hydrogen) atoms. The Hall–Kier alpha value is -2.53. The van der Waals surface area contributed by atoms with Gasteiger partial charge in [0.1, 0.15) is 0 Å². The molecule has 1 unspecified atom stereocenters. The van der Waals surface area contributed by atoms with E-state index >= 15 is 0 Å². The number of hydrogen-bond acceptors (Lipinski definition) is 8. The highest BCUT2D eigenvalue weighted by Crippen LogP contribution is 2.34. The number of carbonyl (C=O) groups is 3. The lowest BCUT2D eigenvalue weighted by atomic mass is 9.90. The molecule has 1 atom stereocenters. The van der Waals surface area contributed by atoms with Gasteiger partial charge in [0, 0.05) is 23.4 Å². The van der Waals surface area contributed by atoms with E-state index in [1.165, 1.54) is 6.08 Å². The Morgan fingerprint density at radius 1 is 1.30 bits per heavy atom. The Balaban J connectivity index is 2.51. The summed E-state index contributed by atoms with van der Waals surface area (Å²) >= 11 is 0. The van der Waals surface area contributed by atoms with Gasteiger partial charge in [0.2, 0.25) is 0 Å². The normalized spacial score (nSPS) is 28.7. The molecule has 2 heterocycles. The second-order valence-electron chi connectivity index (χ2n) is 5.17. The first kappa shape index (κ1) is 16.8. The van der Waals surface area contributed by atoms with Gasteiger partial charge in [-0.2, -0.15) is 0 Å². The maximum absolute atomic E-state index is 12.2. The van der Waals surface area contributed by atoms with Crippen molar-refractivity contribution < 1.29 is 34.8 Å². The monoisotopic (exact) mass is 325 g/mol. The highest BCUT2D eigenvalue weighted by Gasteiger charge is 2.67. The van der Waals surface area contributed by atoms with Crippen LogP contribution in [0.4, 0.5) is 0 Å². The lowest BCUT2D eigenvalue weighted by Crippen LogP contribution is -2.79. The van der Waals surface area contributed by atoms with E-state index in [0.717, 1.165) is 0 Å². The molecule has 3 amide bonds. The fourth-order valence-electron chi connectivity index (χ4n) is 2.40. The summed E-state index contributed by atoms with van der Waals surface area (Å²) in [4.78, 5) is 36.1. The van der Waals surface area contributed by atoms with Crippen molar-refractivity contribution in [1.82, 2.24) is 10.2 Å². The number of imide groups is 1. The molecule has 7 N–H and O–H groups in total. The number of amides is 3. The molecule has 2 saturated heterocycles. The Morgan fingerprint density at radius 2 is 1.87 bits per heavy atom. The molecule has 2 fully saturated rings. The van der Waals surface area contributed by atoms with E-state index in [2.05, 4.69) is 13.2 Å². The van der Waals surface area contributed by atoms with Crippen molar-refractivity contribution in [2.45, 2.75) is 17.6 Å². The number of carbonyl (C=O) groups excluding carboxylic acids is 3. The fraction of sp³-hybridized carbons (Fsp3) is 0.308. The molecular formula is C13H15N3O7. The smallest absolute Gasteiger partial charge is 0.303 e. The molecule has 0 spiro atoms. The van der Waals surface area contributed by atoms with Crippen molar-refractivity contribution in [3.63, 3.8) is 0 Å². The van der Waals surface area contributed by atoms with Gasteiger partial charge in [0.15, 0.2) is 6.04 Å². The number of aliphatic hydroxyl groups is 4. The van der Waals surface area contributed by atoms with Gasteiger partial charge in [0.05, 0.1) is 0 Å². The molecule has 2 aliphatic rings. The van der Waals surface area contributed by atoms with Gasteiger partial charge in [0.25, 0.3) is 23.5 Å². The number of piperidine rings is 1. The third-order valence-electron chi connectivity index (χ3n) is 3.79. The van der Waals surface area contributed by atoms with Crippen molar-refractivity contribution in [1.29, 1.82) is 0 Å². The van der Waals surface area contributed by atoms with Crippen LogP contribution in [0.3, 0.4) is 0 Å². The zero-order valence-electron chi connectivity index (χ0n) is 11.8. The zero-order chi connectivity index (χ0) is 17.7. The maximum atomic E-state index is 12.2. The average molecular weight is 325 g/mol. The number of nitrogens with one attached hydrogen (secondary N) is 1. The summed E-state index contributed by atoms with van der Waals surface area (Å²) in [5.74, 6) is -11.2. The standard InChI is InChI=1S/C13H15N3O7/c1-3-7(14)6-4-16(10(18)5(6)2)8-9(17)15-11(19)13(22,23)12(8,20)21/h3,8,20-23H,1-2,4,14H2,(H,15,17,19)/b7-6+. The topological polar surface area (TPSA) is 173 Å².